The summed E-state index contributed by atoms with van der Waals surface area (Å²) in [6, 6.07) is 1.70. The van der Waals surface area contributed by atoms with Crippen molar-refractivity contribution < 1.29 is 0 Å². The zero-order chi connectivity index (χ0) is 10.7. The lowest BCUT2D eigenvalue weighted by Gasteiger charge is -2.21. The van der Waals surface area contributed by atoms with Crippen molar-refractivity contribution in [2.45, 2.75) is 37.8 Å². The molecule has 0 spiro atoms. The molecule has 2 aliphatic rings. The zero-order valence-corrected chi connectivity index (χ0v) is 10.1. The molecule has 0 aliphatic carbocycles. The number of rotatable bonds is 5. The van der Waals surface area contributed by atoms with Gasteiger partial charge in [0.2, 0.25) is 0 Å². The SMILES string of the molecule is CN(C)CCCC1NC1C1CCNCC1. The van der Waals surface area contributed by atoms with Crippen LogP contribution >= 0.6 is 0 Å². The Labute approximate surface area is 93.6 Å². The van der Waals surface area contributed by atoms with Crippen molar-refractivity contribution in [3.63, 3.8) is 0 Å². The van der Waals surface area contributed by atoms with Gasteiger partial charge in [-0.15, -0.1) is 0 Å². The minimum atomic E-state index is 0.841. The highest BCUT2D eigenvalue weighted by Gasteiger charge is 2.41. The van der Waals surface area contributed by atoms with Gasteiger partial charge in [0.15, 0.2) is 0 Å². The second kappa shape index (κ2) is 5.28. The fourth-order valence-corrected chi connectivity index (χ4v) is 2.75. The van der Waals surface area contributed by atoms with E-state index in [1.165, 1.54) is 45.3 Å². The lowest BCUT2D eigenvalue weighted by Crippen LogP contribution is -2.31. The zero-order valence-electron chi connectivity index (χ0n) is 10.1. The summed E-state index contributed by atoms with van der Waals surface area (Å²) in [5.41, 5.74) is 0. The van der Waals surface area contributed by atoms with Gasteiger partial charge in [-0.25, -0.2) is 0 Å². The molecule has 2 heterocycles. The van der Waals surface area contributed by atoms with Crippen LogP contribution in [-0.4, -0.2) is 50.7 Å². The maximum atomic E-state index is 3.67. The molecule has 3 nitrogen and oxygen atoms in total. The molecule has 0 saturated carbocycles. The van der Waals surface area contributed by atoms with Crippen LogP contribution in [0.25, 0.3) is 0 Å². The van der Waals surface area contributed by atoms with Crippen molar-refractivity contribution in [2.75, 3.05) is 33.7 Å². The van der Waals surface area contributed by atoms with Gasteiger partial charge >= 0.3 is 0 Å². The molecule has 2 N–H and O–H groups in total. The predicted octanol–water partition coefficient (Wildman–Crippen LogP) is 0.668. The number of piperidine rings is 1. The molecule has 2 unspecified atom stereocenters. The first-order chi connectivity index (χ1) is 7.27. The standard InChI is InChI=1S/C12H25N3/c1-15(2)9-3-4-11-12(14-11)10-5-7-13-8-6-10/h10-14H,3-9H2,1-2H3. The van der Waals surface area contributed by atoms with Crippen molar-refractivity contribution in [1.29, 1.82) is 0 Å². The Morgan fingerprint density at radius 3 is 2.60 bits per heavy atom. The molecule has 2 atom stereocenters. The summed E-state index contributed by atoms with van der Waals surface area (Å²) >= 11 is 0. The van der Waals surface area contributed by atoms with Crippen LogP contribution in [0.4, 0.5) is 0 Å². The summed E-state index contributed by atoms with van der Waals surface area (Å²) in [7, 11) is 4.31. The van der Waals surface area contributed by atoms with Crippen molar-refractivity contribution >= 4 is 0 Å². The van der Waals surface area contributed by atoms with Crippen LogP contribution in [0.3, 0.4) is 0 Å². The third kappa shape index (κ3) is 3.44. The normalized spacial score (nSPS) is 32.2. The van der Waals surface area contributed by atoms with E-state index in [2.05, 4.69) is 29.6 Å². The first-order valence-corrected chi connectivity index (χ1v) is 6.39. The van der Waals surface area contributed by atoms with Crippen molar-refractivity contribution in [3.8, 4) is 0 Å². The van der Waals surface area contributed by atoms with Gasteiger partial charge in [-0.1, -0.05) is 0 Å². The Hall–Kier alpha value is -0.120. The Kier molecular flexibility index (Phi) is 4.00. The average molecular weight is 211 g/mol. The lowest BCUT2D eigenvalue weighted by molar-refractivity contribution is 0.357. The van der Waals surface area contributed by atoms with Gasteiger partial charge in [0.1, 0.15) is 0 Å². The maximum Gasteiger partial charge on any atom is 0.0253 e. The Morgan fingerprint density at radius 1 is 1.20 bits per heavy atom. The molecule has 2 rings (SSSR count). The second-order valence-electron chi connectivity index (χ2n) is 5.33. The van der Waals surface area contributed by atoms with Crippen molar-refractivity contribution in [2.24, 2.45) is 5.92 Å². The van der Waals surface area contributed by atoms with Gasteiger partial charge in [0, 0.05) is 12.1 Å². The van der Waals surface area contributed by atoms with E-state index in [1.54, 1.807) is 0 Å². The molecule has 15 heavy (non-hydrogen) atoms. The summed E-state index contributed by atoms with van der Waals surface area (Å²) < 4.78 is 0. The first-order valence-electron chi connectivity index (χ1n) is 6.39. The van der Waals surface area contributed by atoms with Crippen LogP contribution in [0.1, 0.15) is 25.7 Å². The lowest BCUT2D eigenvalue weighted by atomic mass is 9.92. The van der Waals surface area contributed by atoms with Crippen LogP contribution in [0, 0.1) is 5.92 Å². The van der Waals surface area contributed by atoms with Crippen LogP contribution in [-0.2, 0) is 0 Å². The number of hydrogen-bond acceptors (Lipinski definition) is 3. The summed E-state index contributed by atoms with van der Waals surface area (Å²) in [6.07, 6.45) is 5.46. The van der Waals surface area contributed by atoms with Gasteiger partial charge in [0.25, 0.3) is 0 Å². The summed E-state index contributed by atoms with van der Waals surface area (Å²) in [4.78, 5) is 2.28. The molecule has 0 aromatic rings. The van der Waals surface area contributed by atoms with Crippen LogP contribution in [0.15, 0.2) is 0 Å². The number of hydrogen-bond donors (Lipinski definition) is 2. The summed E-state index contributed by atoms with van der Waals surface area (Å²) in [5, 5.41) is 7.10. The molecule has 0 bridgehead atoms. The predicted molar refractivity (Wildman–Crippen MR) is 64.1 cm³/mol. The monoisotopic (exact) mass is 211 g/mol. The van der Waals surface area contributed by atoms with Gasteiger partial charge in [-0.3, -0.25) is 0 Å². The number of nitrogens with one attached hydrogen (secondary N) is 2. The smallest absolute Gasteiger partial charge is 0.0253 e. The van der Waals surface area contributed by atoms with Crippen LogP contribution < -0.4 is 10.6 Å². The van der Waals surface area contributed by atoms with E-state index in [-0.39, 0.29) is 0 Å². The van der Waals surface area contributed by atoms with Gasteiger partial charge in [0.05, 0.1) is 0 Å². The Balaban J connectivity index is 1.58. The fraction of sp³-hybridized carbons (Fsp3) is 1.00. The van der Waals surface area contributed by atoms with E-state index in [9.17, 15) is 0 Å². The van der Waals surface area contributed by atoms with Crippen LogP contribution in [0.2, 0.25) is 0 Å². The molecule has 0 amide bonds. The van der Waals surface area contributed by atoms with Crippen LogP contribution in [0.5, 0.6) is 0 Å². The molecule has 0 aromatic heterocycles. The average Bonchev–Trinajstić information content (AvgIpc) is 2.98. The highest BCUT2D eigenvalue weighted by molar-refractivity contribution is 5.02. The minimum Gasteiger partial charge on any atom is -0.317 e. The molecule has 0 radical (unpaired) electrons. The molecule has 88 valence electrons. The molecular formula is C12H25N3. The molecule has 3 heteroatoms. The molecule has 2 saturated heterocycles. The quantitative estimate of drug-likeness (QED) is 0.656. The highest BCUT2D eigenvalue weighted by Crippen LogP contribution is 2.29. The molecule has 2 fully saturated rings. The Morgan fingerprint density at radius 2 is 1.93 bits per heavy atom. The minimum absolute atomic E-state index is 0.841. The van der Waals surface area contributed by atoms with E-state index >= 15 is 0 Å². The summed E-state index contributed by atoms with van der Waals surface area (Å²) in [5.74, 6) is 0.954. The van der Waals surface area contributed by atoms with Gasteiger partial charge in [-0.2, -0.15) is 0 Å². The van der Waals surface area contributed by atoms with Gasteiger partial charge < -0.3 is 15.5 Å². The largest absolute Gasteiger partial charge is 0.317 e. The van der Waals surface area contributed by atoms with Crippen molar-refractivity contribution in [3.05, 3.63) is 0 Å². The number of nitrogens with zero attached hydrogens (tertiary/aromatic N) is 1. The van der Waals surface area contributed by atoms with E-state index in [1.807, 2.05) is 0 Å². The fourth-order valence-electron chi connectivity index (χ4n) is 2.75. The Bertz CT molecular complexity index is 187. The maximum absolute atomic E-state index is 3.67. The van der Waals surface area contributed by atoms with E-state index < -0.39 is 0 Å². The summed E-state index contributed by atoms with van der Waals surface area (Å²) in [6.45, 7) is 3.69. The van der Waals surface area contributed by atoms with Gasteiger partial charge in [-0.05, 0) is 65.3 Å². The van der Waals surface area contributed by atoms with E-state index in [4.69, 9.17) is 0 Å². The molecule has 0 aromatic carbocycles. The third-order valence-electron chi connectivity index (χ3n) is 3.74. The second-order valence-corrected chi connectivity index (χ2v) is 5.33. The van der Waals surface area contributed by atoms with E-state index in [0.717, 1.165) is 18.0 Å². The third-order valence-corrected chi connectivity index (χ3v) is 3.74. The highest BCUT2D eigenvalue weighted by atomic mass is 15.2. The molecule has 2 aliphatic heterocycles. The van der Waals surface area contributed by atoms with Crippen molar-refractivity contribution in [1.82, 2.24) is 15.5 Å². The molecular weight excluding hydrogens is 186 g/mol. The topological polar surface area (TPSA) is 37.2 Å². The van der Waals surface area contributed by atoms with E-state index in [0.29, 0.717) is 0 Å². The first kappa shape index (κ1) is 11.4.